The first-order chi connectivity index (χ1) is 15.1. The number of aryl methyl sites for hydroxylation is 4. The highest BCUT2D eigenvalue weighted by Gasteiger charge is 2.28. The average molecular weight is 377 g/mol. The fourth-order valence-corrected chi connectivity index (χ4v) is 4.13. The van der Waals surface area contributed by atoms with E-state index < -0.39 is 18.6 Å². The van der Waals surface area contributed by atoms with E-state index in [1.807, 2.05) is 31.7 Å². The van der Waals surface area contributed by atoms with Crippen molar-refractivity contribution in [1.82, 2.24) is 4.98 Å². The Morgan fingerprint density at radius 2 is 1.96 bits per heavy atom. The number of pyridine rings is 2. The standard InChI is InChI=1S/C26H31N2/c1-16-10-19-11-22-21(25(19)27-14-16)9-8-17(2)24(22)23-12-20(13-26(4,5)6)18(3)15-28(23)7/h8-10,12,14-15H,11,13H2,1-7H3/q+1/i3D3,13D2. The topological polar surface area (TPSA) is 16.8 Å². The van der Waals surface area contributed by atoms with Crippen molar-refractivity contribution in [3.63, 3.8) is 0 Å². The van der Waals surface area contributed by atoms with Crippen molar-refractivity contribution in [1.29, 1.82) is 0 Å². The minimum atomic E-state index is -2.42. The van der Waals surface area contributed by atoms with E-state index >= 15 is 0 Å². The first kappa shape index (κ1) is 13.7. The Kier molecular flexibility index (Phi) is 3.19. The van der Waals surface area contributed by atoms with Gasteiger partial charge in [0.15, 0.2) is 6.20 Å². The maximum Gasteiger partial charge on any atom is 0.213 e. The molecule has 0 unspecified atom stereocenters. The lowest BCUT2D eigenvalue weighted by molar-refractivity contribution is -0.660. The Bertz CT molecular complexity index is 1270. The van der Waals surface area contributed by atoms with Gasteiger partial charge in [0.1, 0.15) is 7.05 Å². The molecule has 1 aliphatic rings. The van der Waals surface area contributed by atoms with E-state index in [1.54, 1.807) is 33.0 Å². The lowest BCUT2D eigenvalue weighted by Gasteiger charge is -2.20. The van der Waals surface area contributed by atoms with Crippen molar-refractivity contribution in [2.45, 2.75) is 54.3 Å². The van der Waals surface area contributed by atoms with Gasteiger partial charge in [-0.3, -0.25) is 4.98 Å². The Morgan fingerprint density at radius 3 is 2.68 bits per heavy atom. The highest BCUT2D eigenvalue weighted by molar-refractivity contribution is 5.83. The van der Waals surface area contributed by atoms with Crippen LogP contribution in [0, 0.1) is 26.1 Å². The number of aromatic nitrogens is 2. The molecule has 2 aromatic heterocycles. The third-order valence-corrected chi connectivity index (χ3v) is 5.29. The van der Waals surface area contributed by atoms with E-state index in [-0.39, 0.29) is 11.1 Å². The molecule has 0 fully saturated rings. The molecule has 0 N–H and O–H groups in total. The molecule has 4 rings (SSSR count). The van der Waals surface area contributed by atoms with Gasteiger partial charge in [0.25, 0.3) is 0 Å². The third kappa shape index (κ3) is 3.26. The summed E-state index contributed by atoms with van der Waals surface area (Å²) in [4.78, 5) is 4.68. The number of benzene rings is 1. The summed E-state index contributed by atoms with van der Waals surface area (Å²) >= 11 is 0. The molecule has 0 bridgehead atoms. The van der Waals surface area contributed by atoms with E-state index in [0.717, 1.165) is 45.6 Å². The number of hydrogen-bond acceptors (Lipinski definition) is 1. The lowest BCUT2D eigenvalue weighted by Crippen LogP contribution is -2.32. The van der Waals surface area contributed by atoms with Crippen LogP contribution in [0.15, 0.2) is 36.7 Å². The second-order valence-electron chi connectivity index (χ2n) is 8.95. The molecular weight excluding hydrogens is 340 g/mol. The van der Waals surface area contributed by atoms with E-state index in [4.69, 9.17) is 6.85 Å². The maximum atomic E-state index is 8.90. The van der Waals surface area contributed by atoms with Gasteiger partial charge in [0.05, 0.1) is 11.3 Å². The molecule has 1 aromatic carbocycles. The SMILES string of the molecule is [2H]C([2H])([2H])c1c[n+](C)c(-c2c(C)ccc3c2Cc2cc(C)cnc2-3)cc1C([2H])([2H])C(C)(C)C. The van der Waals surface area contributed by atoms with Crippen molar-refractivity contribution >= 4 is 0 Å². The van der Waals surface area contributed by atoms with Gasteiger partial charge < -0.3 is 0 Å². The van der Waals surface area contributed by atoms with E-state index in [0.29, 0.717) is 0 Å². The van der Waals surface area contributed by atoms with E-state index in [2.05, 4.69) is 23.2 Å². The van der Waals surface area contributed by atoms with Crippen molar-refractivity contribution in [2.75, 3.05) is 0 Å². The maximum absolute atomic E-state index is 8.90. The zero-order chi connectivity index (χ0) is 24.5. The van der Waals surface area contributed by atoms with Crippen molar-refractivity contribution in [2.24, 2.45) is 12.5 Å². The quantitative estimate of drug-likeness (QED) is 0.413. The molecule has 2 heterocycles. The van der Waals surface area contributed by atoms with Gasteiger partial charge in [-0.1, -0.05) is 39.0 Å². The summed E-state index contributed by atoms with van der Waals surface area (Å²) in [6, 6.07) is 8.11. The van der Waals surface area contributed by atoms with Crippen molar-refractivity contribution in [3.8, 4) is 22.5 Å². The third-order valence-electron chi connectivity index (χ3n) is 5.29. The summed E-state index contributed by atoms with van der Waals surface area (Å²) in [5, 5.41) is 0. The normalized spacial score (nSPS) is 16.4. The van der Waals surface area contributed by atoms with Gasteiger partial charge in [-0.25, -0.2) is 4.57 Å². The molecular formula is C26H31N2+. The van der Waals surface area contributed by atoms with Crippen LogP contribution in [0.25, 0.3) is 22.5 Å². The van der Waals surface area contributed by atoms with Crippen LogP contribution >= 0.6 is 0 Å². The van der Waals surface area contributed by atoms with Crippen LogP contribution in [0.3, 0.4) is 0 Å². The summed E-state index contributed by atoms with van der Waals surface area (Å²) in [6.07, 6.45) is 2.38. The molecule has 0 amide bonds. The Morgan fingerprint density at radius 1 is 1.18 bits per heavy atom. The Labute approximate surface area is 176 Å². The van der Waals surface area contributed by atoms with E-state index in [1.165, 1.54) is 5.56 Å². The molecule has 3 aromatic rings. The number of fused-ring (bicyclic) bond motifs is 3. The molecule has 0 radical (unpaired) electrons. The second kappa shape index (κ2) is 6.55. The van der Waals surface area contributed by atoms with Crippen LogP contribution in [0.2, 0.25) is 0 Å². The summed E-state index contributed by atoms with van der Waals surface area (Å²) in [7, 11) is 1.84. The van der Waals surface area contributed by atoms with Crippen LogP contribution in [-0.2, 0) is 19.8 Å². The van der Waals surface area contributed by atoms with Crippen LogP contribution in [0.5, 0.6) is 0 Å². The van der Waals surface area contributed by atoms with Gasteiger partial charge in [-0.05, 0) is 60.3 Å². The molecule has 144 valence electrons. The molecule has 0 saturated heterocycles. The summed E-state index contributed by atoms with van der Waals surface area (Å²) in [5.74, 6) is 0. The fraction of sp³-hybridized carbons (Fsp3) is 0.385. The predicted octanol–water partition coefficient (Wildman–Crippen LogP) is 5.66. The molecule has 2 nitrogen and oxygen atoms in total. The Balaban J connectivity index is 2.02. The summed E-state index contributed by atoms with van der Waals surface area (Å²) < 4.78 is 43.9. The van der Waals surface area contributed by atoms with Gasteiger partial charge in [-0.15, -0.1) is 0 Å². The van der Waals surface area contributed by atoms with Gasteiger partial charge in [0, 0.05) is 36.7 Å². The Hall–Kier alpha value is -2.48. The zero-order valence-corrected chi connectivity index (χ0v) is 17.6. The molecule has 1 aliphatic carbocycles. The van der Waals surface area contributed by atoms with Crippen LogP contribution < -0.4 is 4.57 Å². The lowest BCUT2D eigenvalue weighted by atomic mass is 9.85. The highest BCUT2D eigenvalue weighted by atomic mass is 14.9. The second-order valence-corrected chi connectivity index (χ2v) is 8.95. The molecule has 0 atom stereocenters. The molecule has 0 spiro atoms. The van der Waals surface area contributed by atoms with E-state index in [9.17, 15) is 0 Å². The van der Waals surface area contributed by atoms with Crippen molar-refractivity contribution in [3.05, 3.63) is 70.0 Å². The number of rotatable bonds is 2. The molecule has 2 heteroatoms. The largest absolute Gasteiger partial charge is 0.256 e. The van der Waals surface area contributed by atoms with Gasteiger partial charge in [0.2, 0.25) is 5.69 Å². The van der Waals surface area contributed by atoms with Crippen molar-refractivity contribution < 1.29 is 11.4 Å². The average Bonchev–Trinajstić information content (AvgIpc) is 3.03. The number of nitrogens with zero attached hydrogens (tertiary/aromatic N) is 2. The first-order valence-corrected chi connectivity index (χ1v) is 9.76. The monoisotopic (exact) mass is 376 g/mol. The summed E-state index contributed by atoms with van der Waals surface area (Å²) in [5.41, 5.74) is 7.94. The number of hydrogen-bond donors (Lipinski definition) is 0. The van der Waals surface area contributed by atoms with Gasteiger partial charge >= 0.3 is 0 Å². The van der Waals surface area contributed by atoms with Crippen LogP contribution in [0.4, 0.5) is 0 Å². The highest BCUT2D eigenvalue weighted by Crippen LogP contribution is 2.42. The van der Waals surface area contributed by atoms with Gasteiger partial charge in [-0.2, -0.15) is 0 Å². The molecule has 0 saturated carbocycles. The predicted molar refractivity (Wildman–Crippen MR) is 116 cm³/mol. The summed E-state index contributed by atoms with van der Waals surface area (Å²) in [6.45, 7) is 7.08. The van der Waals surface area contributed by atoms with Crippen LogP contribution in [0.1, 0.15) is 61.0 Å². The zero-order valence-electron chi connectivity index (χ0n) is 22.6. The molecule has 0 aliphatic heterocycles. The fourth-order valence-electron chi connectivity index (χ4n) is 4.13. The first-order valence-electron chi connectivity index (χ1n) is 12.3. The minimum absolute atomic E-state index is 0.0551. The molecule has 28 heavy (non-hydrogen) atoms. The minimum Gasteiger partial charge on any atom is -0.256 e. The van der Waals surface area contributed by atoms with Crippen LogP contribution in [-0.4, -0.2) is 4.98 Å². The smallest absolute Gasteiger partial charge is 0.213 e.